The lowest BCUT2D eigenvalue weighted by atomic mass is 10.3. The Morgan fingerprint density at radius 1 is 1.38 bits per heavy atom. The largest absolute Gasteiger partial charge is 0.207 e. The minimum absolute atomic E-state index is 0.315. The summed E-state index contributed by atoms with van der Waals surface area (Å²) < 4.78 is 25.6. The zero-order chi connectivity index (χ0) is 9.68. The van der Waals surface area contributed by atoms with Crippen molar-refractivity contribution < 1.29 is 8.78 Å². The molecule has 3 heteroatoms. The lowest BCUT2D eigenvalue weighted by Gasteiger charge is -2.00. The summed E-state index contributed by atoms with van der Waals surface area (Å²) in [5.41, 5.74) is 0. The first-order chi connectivity index (χ1) is 6.24. The lowest BCUT2D eigenvalue weighted by Crippen LogP contribution is -1.85. The topological polar surface area (TPSA) is 0 Å². The molecule has 0 atom stereocenters. The average molecular weight is 198 g/mol. The number of hydrogen-bond donors (Lipinski definition) is 0. The molecule has 0 fully saturated rings. The highest BCUT2D eigenvalue weighted by Crippen LogP contribution is 2.22. The second-order valence-electron chi connectivity index (χ2n) is 2.38. The molecule has 0 saturated heterocycles. The average Bonchev–Trinajstić information content (AvgIpc) is 2.11. The van der Waals surface area contributed by atoms with E-state index in [2.05, 4.69) is 5.92 Å². The number of hydrogen-bond acceptors (Lipinski definition) is 1. The van der Waals surface area contributed by atoms with Crippen molar-refractivity contribution in [2.45, 2.75) is 11.3 Å². The van der Waals surface area contributed by atoms with E-state index in [1.807, 2.05) is 0 Å². The van der Waals surface area contributed by atoms with Gasteiger partial charge < -0.3 is 0 Å². The molecule has 1 aromatic rings. The Hall–Kier alpha value is -1.01. The predicted molar refractivity (Wildman–Crippen MR) is 50.5 cm³/mol. The van der Waals surface area contributed by atoms with Crippen molar-refractivity contribution >= 4 is 11.8 Å². The van der Waals surface area contributed by atoms with Crippen LogP contribution in [0.2, 0.25) is 0 Å². The minimum atomic E-state index is -0.426. The zero-order valence-corrected chi connectivity index (χ0v) is 7.70. The summed E-state index contributed by atoms with van der Waals surface area (Å²) in [4.78, 5) is 0.315. The molecule has 1 rings (SSSR count). The van der Waals surface area contributed by atoms with Gasteiger partial charge in [0.15, 0.2) is 0 Å². The van der Waals surface area contributed by atoms with Gasteiger partial charge >= 0.3 is 0 Å². The third-order valence-corrected chi connectivity index (χ3v) is 2.43. The van der Waals surface area contributed by atoms with Gasteiger partial charge in [-0.15, -0.1) is 24.1 Å². The Morgan fingerprint density at radius 2 is 2.15 bits per heavy atom. The van der Waals surface area contributed by atoms with Crippen LogP contribution < -0.4 is 0 Å². The normalized spacial score (nSPS) is 9.62. The number of thioether (sulfide) groups is 1. The molecule has 0 nitrogen and oxygen atoms in total. The summed E-state index contributed by atoms with van der Waals surface area (Å²) in [5.74, 6) is 2.22. The van der Waals surface area contributed by atoms with E-state index >= 15 is 0 Å². The maximum absolute atomic E-state index is 13.0. The Kier molecular flexibility index (Phi) is 3.78. The Labute approximate surface area is 80.3 Å². The van der Waals surface area contributed by atoms with Crippen LogP contribution in [0.3, 0.4) is 0 Å². The molecule has 0 aliphatic heterocycles. The van der Waals surface area contributed by atoms with Crippen LogP contribution >= 0.6 is 11.8 Å². The van der Waals surface area contributed by atoms with Gasteiger partial charge in [-0.1, -0.05) is 0 Å². The fourth-order valence-electron chi connectivity index (χ4n) is 0.808. The van der Waals surface area contributed by atoms with Crippen LogP contribution in [0.5, 0.6) is 0 Å². The van der Waals surface area contributed by atoms with Gasteiger partial charge in [-0.25, -0.2) is 8.78 Å². The van der Waals surface area contributed by atoms with E-state index in [-0.39, 0.29) is 0 Å². The molecule has 68 valence electrons. The first-order valence-electron chi connectivity index (χ1n) is 3.75. The summed E-state index contributed by atoms with van der Waals surface area (Å²) in [6.45, 7) is 0. The van der Waals surface area contributed by atoms with Crippen molar-refractivity contribution in [2.75, 3.05) is 5.75 Å². The van der Waals surface area contributed by atoms with E-state index in [0.29, 0.717) is 17.1 Å². The van der Waals surface area contributed by atoms with Crippen molar-refractivity contribution in [3.63, 3.8) is 0 Å². The summed E-state index contributed by atoms with van der Waals surface area (Å²) >= 11 is 1.23. The first kappa shape index (κ1) is 10.1. The van der Waals surface area contributed by atoms with Crippen molar-refractivity contribution in [3.8, 4) is 12.3 Å². The summed E-state index contributed by atoms with van der Waals surface area (Å²) in [6, 6.07) is 3.39. The highest BCUT2D eigenvalue weighted by atomic mass is 32.2. The fraction of sp³-hybridized carbons (Fsp3) is 0.200. The lowest BCUT2D eigenvalue weighted by molar-refractivity contribution is 0.577. The zero-order valence-electron chi connectivity index (χ0n) is 6.89. The van der Waals surface area contributed by atoms with Crippen LogP contribution in [-0.2, 0) is 0 Å². The summed E-state index contributed by atoms with van der Waals surface area (Å²) in [6.07, 6.45) is 5.59. The van der Waals surface area contributed by atoms with Crippen molar-refractivity contribution in [2.24, 2.45) is 0 Å². The summed E-state index contributed by atoms with van der Waals surface area (Å²) in [7, 11) is 0. The minimum Gasteiger partial charge on any atom is -0.207 e. The molecule has 0 spiro atoms. The number of terminal acetylenes is 1. The third kappa shape index (κ3) is 3.08. The van der Waals surface area contributed by atoms with Crippen LogP contribution in [0.1, 0.15) is 6.42 Å². The second-order valence-corrected chi connectivity index (χ2v) is 3.51. The van der Waals surface area contributed by atoms with Gasteiger partial charge in [0.1, 0.15) is 11.6 Å². The van der Waals surface area contributed by atoms with E-state index in [1.165, 1.54) is 17.8 Å². The van der Waals surface area contributed by atoms with Crippen LogP contribution in [0.25, 0.3) is 0 Å². The van der Waals surface area contributed by atoms with E-state index < -0.39 is 11.6 Å². The van der Waals surface area contributed by atoms with E-state index in [0.717, 1.165) is 12.1 Å². The molecular weight excluding hydrogens is 190 g/mol. The van der Waals surface area contributed by atoms with Crippen molar-refractivity contribution in [3.05, 3.63) is 29.8 Å². The van der Waals surface area contributed by atoms with Gasteiger partial charge in [-0.05, 0) is 18.2 Å². The molecule has 1 aromatic carbocycles. The van der Waals surface area contributed by atoms with Crippen LogP contribution in [0.15, 0.2) is 23.1 Å². The third-order valence-electron chi connectivity index (χ3n) is 1.40. The Balaban J connectivity index is 2.65. The first-order valence-corrected chi connectivity index (χ1v) is 4.74. The van der Waals surface area contributed by atoms with E-state index in [9.17, 15) is 8.78 Å². The smallest absolute Gasteiger partial charge is 0.136 e. The van der Waals surface area contributed by atoms with Crippen LogP contribution in [0, 0.1) is 24.0 Å². The molecule has 0 bridgehead atoms. The Morgan fingerprint density at radius 3 is 2.85 bits per heavy atom. The number of benzene rings is 1. The molecular formula is C10H8F2S. The molecule has 0 aliphatic rings. The highest BCUT2D eigenvalue weighted by molar-refractivity contribution is 7.99. The highest BCUT2D eigenvalue weighted by Gasteiger charge is 2.03. The quantitative estimate of drug-likeness (QED) is 0.408. The van der Waals surface area contributed by atoms with Gasteiger partial charge in [0, 0.05) is 17.1 Å². The number of rotatable bonds is 3. The van der Waals surface area contributed by atoms with Crippen molar-refractivity contribution in [1.29, 1.82) is 0 Å². The van der Waals surface area contributed by atoms with E-state index in [1.54, 1.807) is 0 Å². The molecule has 0 amide bonds. The molecule has 13 heavy (non-hydrogen) atoms. The molecule has 0 N–H and O–H groups in total. The molecule has 0 radical (unpaired) electrons. The monoisotopic (exact) mass is 198 g/mol. The van der Waals surface area contributed by atoms with Crippen molar-refractivity contribution in [1.82, 2.24) is 0 Å². The molecule has 0 saturated carbocycles. The van der Waals surface area contributed by atoms with Gasteiger partial charge in [-0.2, -0.15) is 0 Å². The fourth-order valence-corrected chi connectivity index (χ4v) is 1.65. The molecule has 0 aromatic heterocycles. The maximum Gasteiger partial charge on any atom is 0.136 e. The Bertz CT molecular complexity index is 328. The van der Waals surface area contributed by atoms with Gasteiger partial charge in [-0.3, -0.25) is 0 Å². The summed E-state index contributed by atoms with van der Waals surface area (Å²) in [5, 5.41) is 0. The molecule has 0 aliphatic carbocycles. The van der Waals surface area contributed by atoms with Crippen LogP contribution in [-0.4, -0.2) is 5.75 Å². The SMILES string of the molecule is C#CCCSc1cc(F)ccc1F. The van der Waals surface area contributed by atoms with Gasteiger partial charge in [0.25, 0.3) is 0 Å². The van der Waals surface area contributed by atoms with Gasteiger partial charge in [0.2, 0.25) is 0 Å². The second kappa shape index (κ2) is 4.88. The van der Waals surface area contributed by atoms with Crippen LogP contribution in [0.4, 0.5) is 8.78 Å². The molecule has 0 heterocycles. The van der Waals surface area contributed by atoms with Gasteiger partial charge in [0.05, 0.1) is 0 Å². The standard InChI is InChI=1S/C10H8F2S/c1-2-3-6-13-10-7-8(11)4-5-9(10)12/h1,4-5,7H,3,6H2. The van der Waals surface area contributed by atoms with E-state index in [4.69, 9.17) is 6.42 Å². The number of halogens is 2. The maximum atomic E-state index is 13.0. The molecule has 0 unspecified atom stereocenters. The predicted octanol–water partition coefficient (Wildman–Crippen LogP) is 3.08.